The van der Waals surface area contributed by atoms with Crippen LogP contribution in [0, 0.1) is 16.7 Å². The van der Waals surface area contributed by atoms with Gasteiger partial charge in [0.25, 0.3) is 0 Å². The highest BCUT2D eigenvalue weighted by Crippen LogP contribution is 2.34. The van der Waals surface area contributed by atoms with E-state index in [1.807, 2.05) is 6.07 Å². The Morgan fingerprint density at radius 3 is 2.77 bits per heavy atom. The number of allylic oxidation sites excluding steroid dienone is 1. The van der Waals surface area contributed by atoms with E-state index in [1.54, 1.807) is 26.1 Å². The second-order valence-electron chi connectivity index (χ2n) is 3.05. The molecule has 0 radical (unpaired) electrons. The van der Waals surface area contributed by atoms with Gasteiger partial charge in [-0.15, -0.1) is 0 Å². The van der Waals surface area contributed by atoms with Crippen molar-refractivity contribution in [3.05, 3.63) is 11.6 Å². The fraction of sp³-hybridized carbons (Fsp3) is 0.444. The van der Waals surface area contributed by atoms with Crippen LogP contribution in [0.4, 0.5) is 0 Å². The van der Waals surface area contributed by atoms with Crippen molar-refractivity contribution in [1.29, 1.82) is 5.26 Å². The van der Waals surface area contributed by atoms with Crippen LogP contribution in [0.15, 0.2) is 16.6 Å². The summed E-state index contributed by atoms with van der Waals surface area (Å²) in [6.07, 6.45) is 3.11. The van der Waals surface area contributed by atoms with Gasteiger partial charge in [0.2, 0.25) is 0 Å². The van der Waals surface area contributed by atoms with E-state index in [2.05, 4.69) is 4.99 Å². The van der Waals surface area contributed by atoms with E-state index < -0.39 is 17.4 Å². The highest BCUT2D eigenvalue weighted by molar-refractivity contribution is 5.88. The second kappa shape index (κ2) is 3.02. The van der Waals surface area contributed by atoms with Crippen molar-refractivity contribution < 1.29 is 9.90 Å². The Morgan fingerprint density at radius 2 is 2.46 bits per heavy atom. The van der Waals surface area contributed by atoms with Gasteiger partial charge in [-0.2, -0.15) is 5.26 Å². The predicted molar refractivity (Wildman–Crippen MR) is 47.4 cm³/mol. The number of dihydropyridines is 1. The summed E-state index contributed by atoms with van der Waals surface area (Å²) >= 11 is 0. The lowest BCUT2D eigenvalue weighted by Crippen LogP contribution is -2.41. The van der Waals surface area contributed by atoms with E-state index in [4.69, 9.17) is 10.4 Å². The second-order valence-corrected chi connectivity index (χ2v) is 3.05. The molecule has 2 unspecified atom stereocenters. The molecule has 0 aromatic rings. The minimum Gasteiger partial charge on any atom is -0.480 e. The van der Waals surface area contributed by atoms with Gasteiger partial charge in [-0.3, -0.25) is 9.79 Å². The minimum absolute atomic E-state index is 0.528. The quantitative estimate of drug-likeness (QED) is 0.650. The molecule has 1 heterocycles. The van der Waals surface area contributed by atoms with Gasteiger partial charge in [-0.25, -0.2) is 0 Å². The first-order valence-corrected chi connectivity index (χ1v) is 3.91. The Morgan fingerprint density at radius 1 is 1.85 bits per heavy atom. The topological polar surface area (TPSA) is 73.5 Å². The number of carboxylic acids is 1. The number of carboxylic acid groups (broad SMARTS) is 1. The van der Waals surface area contributed by atoms with Crippen molar-refractivity contribution in [2.45, 2.75) is 19.9 Å². The van der Waals surface area contributed by atoms with Gasteiger partial charge < -0.3 is 5.11 Å². The van der Waals surface area contributed by atoms with Crippen molar-refractivity contribution in [1.82, 2.24) is 0 Å². The van der Waals surface area contributed by atoms with Crippen LogP contribution < -0.4 is 0 Å². The summed E-state index contributed by atoms with van der Waals surface area (Å²) in [6, 6.07) is 1.31. The van der Waals surface area contributed by atoms with Gasteiger partial charge in [0.1, 0.15) is 0 Å². The molecule has 1 rings (SSSR count). The average molecular weight is 178 g/mol. The van der Waals surface area contributed by atoms with Crippen molar-refractivity contribution >= 4 is 12.2 Å². The molecule has 0 fully saturated rings. The van der Waals surface area contributed by atoms with E-state index >= 15 is 0 Å². The van der Waals surface area contributed by atoms with Gasteiger partial charge in [-0.1, -0.05) is 0 Å². The smallest absolute Gasteiger partial charge is 0.330 e. The molecule has 4 nitrogen and oxygen atoms in total. The molecule has 1 N–H and O–H groups in total. The number of nitrogens with zero attached hydrogens (tertiary/aromatic N) is 2. The Balaban J connectivity index is 3.27. The lowest BCUT2D eigenvalue weighted by molar-refractivity contribution is -0.144. The van der Waals surface area contributed by atoms with Crippen LogP contribution in [0.3, 0.4) is 0 Å². The third-order valence-corrected chi connectivity index (χ3v) is 2.40. The van der Waals surface area contributed by atoms with Crippen molar-refractivity contribution in [3.63, 3.8) is 0 Å². The van der Waals surface area contributed by atoms with E-state index in [0.717, 1.165) is 0 Å². The summed E-state index contributed by atoms with van der Waals surface area (Å²) in [4.78, 5) is 14.9. The van der Waals surface area contributed by atoms with E-state index in [-0.39, 0.29) is 0 Å². The van der Waals surface area contributed by atoms with Gasteiger partial charge in [0.15, 0.2) is 5.41 Å². The number of rotatable bonds is 1. The standard InChI is InChI=1S/C9H10N2O2/c1-6-3-4-11-7(2)9(6,5-10)8(12)13/h3-4,7H,1-2H3,(H,12,13). The molecule has 0 amide bonds. The zero-order valence-corrected chi connectivity index (χ0v) is 7.48. The molecule has 0 aromatic heterocycles. The number of hydrogen-bond acceptors (Lipinski definition) is 3. The summed E-state index contributed by atoms with van der Waals surface area (Å²) in [7, 11) is 0. The van der Waals surface area contributed by atoms with Crippen LogP contribution in [0.25, 0.3) is 0 Å². The summed E-state index contributed by atoms with van der Waals surface area (Å²) in [5.41, 5.74) is -0.945. The zero-order valence-electron chi connectivity index (χ0n) is 7.48. The van der Waals surface area contributed by atoms with E-state index in [0.29, 0.717) is 5.57 Å². The third kappa shape index (κ3) is 1.13. The maximum Gasteiger partial charge on any atom is 0.330 e. The molecule has 0 spiro atoms. The van der Waals surface area contributed by atoms with Crippen LogP contribution in [0.1, 0.15) is 13.8 Å². The number of nitriles is 1. The van der Waals surface area contributed by atoms with Crippen LogP contribution in [-0.4, -0.2) is 23.3 Å². The molecule has 0 aliphatic carbocycles. The van der Waals surface area contributed by atoms with Crippen LogP contribution in [0.2, 0.25) is 0 Å². The third-order valence-electron chi connectivity index (χ3n) is 2.40. The summed E-state index contributed by atoms with van der Waals surface area (Å²) in [5.74, 6) is -1.13. The molecule has 4 heteroatoms. The molecular formula is C9H10N2O2. The molecule has 13 heavy (non-hydrogen) atoms. The largest absolute Gasteiger partial charge is 0.480 e. The summed E-state index contributed by atoms with van der Waals surface area (Å²) < 4.78 is 0. The maximum atomic E-state index is 11.0. The van der Waals surface area contributed by atoms with Gasteiger partial charge in [0.05, 0.1) is 12.1 Å². The zero-order chi connectivity index (χ0) is 10.1. The van der Waals surface area contributed by atoms with Crippen molar-refractivity contribution in [2.24, 2.45) is 10.4 Å². The molecule has 0 saturated carbocycles. The Labute approximate surface area is 76.2 Å². The maximum absolute atomic E-state index is 11.0. The highest BCUT2D eigenvalue weighted by atomic mass is 16.4. The van der Waals surface area contributed by atoms with Gasteiger partial charge in [0, 0.05) is 6.21 Å². The summed E-state index contributed by atoms with van der Waals surface area (Å²) in [6.45, 7) is 3.27. The highest BCUT2D eigenvalue weighted by Gasteiger charge is 2.47. The Kier molecular flexibility index (Phi) is 2.20. The number of aliphatic carboxylic acids is 1. The normalized spacial score (nSPS) is 32.1. The molecular weight excluding hydrogens is 168 g/mol. The van der Waals surface area contributed by atoms with Crippen LogP contribution >= 0.6 is 0 Å². The predicted octanol–water partition coefficient (Wildman–Crippen LogP) is 1.00. The Bertz CT molecular complexity index is 338. The number of hydrogen-bond donors (Lipinski definition) is 1. The molecule has 0 aromatic carbocycles. The fourth-order valence-electron chi connectivity index (χ4n) is 1.43. The molecule has 1 aliphatic heterocycles. The molecule has 68 valence electrons. The first-order chi connectivity index (χ1) is 6.05. The van der Waals surface area contributed by atoms with Gasteiger partial charge in [-0.05, 0) is 25.5 Å². The summed E-state index contributed by atoms with van der Waals surface area (Å²) in [5, 5.41) is 17.9. The van der Waals surface area contributed by atoms with E-state index in [1.165, 1.54) is 0 Å². The van der Waals surface area contributed by atoms with Crippen LogP contribution in [-0.2, 0) is 4.79 Å². The average Bonchev–Trinajstić information content (AvgIpc) is 2.05. The molecule has 2 atom stereocenters. The van der Waals surface area contributed by atoms with E-state index in [9.17, 15) is 4.79 Å². The van der Waals surface area contributed by atoms with Crippen molar-refractivity contribution in [3.8, 4) is 6.07 Å². The monoisotopic (exact) mass is 178 g/mol. The van der Waals surface area contributed by atoms with Crippen molar-refractivity contribution in [2.75, 3.05) is 0 Å². The Hall–Kier alpha value is -1.63. The minimum atomic E-state index is -1.48. The first-order valence-electron chi connectivity index (χ1n) is 3.91. The molecule has 0 bridgehead atoms. The molecule has 1 aliphatic rings. The first kappa shape index (κ1) is 9.46. The van der Waals surface area contributed by atoms with Gasteiger partial charge >= 0.3 is 5.97 Å². The SMILES string of the molecule is CC1=CC=NC(C)C1(C#N)C(=O)O. The number of carbonyl (C=O) groups is 1. The number of aliphatic imine (C=N–C) groups is 1. The fourth-order valence-corrected chi connectivity index (χ4v) is 1.43. The van der Waals surface area contributed by atoms with Crippen LogP contribution in [0.5, 0.6) is 0 Å². The lowest BCUT2D eigenvalue weighted by Gasteiger charge is -2.28. The lowest BCUT2D eigenvalue weighted by atomic mass is 9.75. The molecule has 0 saturated heterocycles.